The first kappa shape index (κ1) is 22.2. The predicted molar refractivity (Wildman–Crippen MR) is 125 cm³/mol. The van der Waals surface area contributed by atoms with Gasteiger partial charge in [-0.2, -0.15) is 0 Å². The molecule has 1 aromatic heterocycles. The number of hydrogen-bond acceptors (Lipinski definition) is 5. The number of nitrogens with zero attached hydrogens (tertiary/aromatic N) is 1. The summed E-state index contributed by atoms with van der Waals surface area (Å²) in [5.74, 6) is 0.244. The van der Waals surface area contributed by atoms with Crippen LogP contribution in [-0.2, 0) is 14.3 Å². The fourth-order valence-corrected chi connectivity index (χ4v) is 3.87. The first-order chi connectivity index (χ1) is 15.4. The highest BCUT2D eigenvalue weighted by molar-refractivity contribution is 5.92. The van der Waals surface area contributed by atoms with E-state index in [1.165, 1.54) is 0 Å². The van der Waals surface area contributed by atoms with Crippen LogP contribution in [-0.4, -0.2) is 39.0 Å². The fourth-order valence-electron chi connectivity index (χ4n) is 3.87. The summed E-state index contributed by atoms with van der Waals surface area (Å²) < 4.78 is 18.0. The Hall–Kier alpha value is -2.96. The van der Waals surface area contributed by atoms with Gasteiger partial charge in [0, 0.05) is 5.56 Å². The Morgan fingerprint density at radius 1 is 1.06 bits per heavy atom. The van der Waals surface area contributed by atoms with Crippen molar-refractivity contribution in [1.82, 2.24) is 4.48 Å². The minimum Gasteiger partial charge on any atom is -0.414 e. The van der Waals surface area contributed by atoms with Crippen LogP contribution in [0, 0.1) is 5.41 Å². The van der Waals surface area contributed by atoms with Gasteiger partial charge in [-0.15, -0.1) is 0 Å². The Morgan fingerprint density at radius 3 is 2.47 bits per heavy atom. The van der Waals surface area contributed by atoms with Crippen LogP contribution in [0.2, 0.25) is 0 Å². The highest BCUT2D eigenvalue weighted by Crippen LogP contribution is 2.33. The van der Waals surface area contributed by atoms with E-state index in [2.05, 4.69) is 0 Å². The molecule has 6 nitrogen and oxygen atoms in total. The largest absolute Gasteiger partial charge is 0.414 e. The molecule has 6 heteroatoms. The van der Waals surface area contributed by atoms with Crippen LogP contribution in [0.1, 0.15) is 27.2 Å². The van der Waals surface area contributed by atoms with Gasteiger partial charge in [-0.1, -0.05) is 49.4 Å². The number of fused-ring (bicyclic) bond motifs is 1. The number of rotatable bonds is 6. The number of carbonyl (C=O) groups excluding carboxylic acids is 1. The second-order valence-corrected chi connectivity index (χ2v) is 9.00. The minimum absolute atomic E-state index is 0.105. The molecule has 0 saturated carbocycles. The number of quaternary nitrogens is 1. The second kappa shape index (κ2) is 8.88. The molecule has 1 fully saturated rings. The molecule has 0 N–H and O–H groups in total. The van der Waals surface area contributed by atoms with E-state index >= 15 is 0 Å². The van der Waals surface area contributed by atoms with Crippen molar-refractivity contribution < 1.29 is 18.7 Å². The lowest BCUT2D eigenvalue weighted by molar-refractivity contribution is -0.160. The smallest absolute Gasteiger partial charge is 0.315 e. The molecule has 0 radical (unpaired) electrons. The highest BCUT2D eigenvalue weighted by Gasteiger charge is 2.39. The summed E-state index contributed by atoms with van der Waals surface area (Å²) in [6, 6.07) is 17.0. The Kier molecular flexibility index (Phi) is 6.17. The Labute approximate surface area is 188 Å². The van der Waals surface area contributed by atoms with Gasteiger partial charge in [0.05, 0.1) is 30.1 Å². The molecule has 2 heterocycles. The average molecular weight is 437 g/mol. The molecule has 4 rings (SSSR count). The van der Waals surface area contributed by atoms with E-state index in [4.69, 9.17) is 13.9 Å². The maximum Gasteiger partial charge on any atom is 0.315 e. The third kappa shape index (κ3) is 4.20. The predicted octanol–water partition coefficient (Wildman–Crippen LogP) is 4.73. The van der Waals surface area contributed by atoms with Crippen molar-refractivity contribution in [2.24, 2.45) is 5.41 Å². The van der Waals surface area contributed by atoms with Crippen molar-refractivity contribution in [3.8, 4) is 11.1 Å². The van der Waals surface area contributed by atoms with E-state index in [0.29, 0.717) is 49.6 Å². The van der Waals surface area contributed by atoms with Gasteiger partial charge in [0.25, 0.3) is 0 Å². The number of ether oxygens (including phenoxy) is 2. The lowest BCUT2D eigenvalue weighted by Crippen LogP contribution is -2.58. The number of morpholine rings is 1. The normalized spacial score (nSPS) is 16.1. The topological polar surface area (TPSA) is 65.7 Å². The van der Waals surface area contributed by atoms with Crippen molar-refractivity contribution >= 4 is 22.8 Å². The molecule has 0 aliphatic carbocycles. The van der Waals surface area contributed by atoms with Gasteiger partial charge in [0.15, 0.2) is 11.0 Å². The van der Waals surface area contributed by atoms with E-state index in [9.17, 15) is 9.59 Å². The molecule has 1 aliphatic heterocycles. The van der Waals surface area contributed by atoms with Crippen LogP contribution in [0.4, 0.5) is 5.88 Å². The van der Waals surface area contributed by atoms with E-state index in [-0.39, 0.29) is 22.6 Å². The third-order valence-electron chi connectivity index (χ3n) is 6.50. The fraction of sp³-hybridized carbons (Fsp3) is 0.385. The molecular formula is C26H30NO5+. The molecule has 1 aliphatic rings. The average Bonchev–Trinajstić information content (AvgIpc) is 2.83. The molecule has 0 spiro atoms. The molecule has 2 aromatic carbocycles. The van der Waals surface area contributed by atoms with Crippen LogP contribution in [0.5, 0.6) is 0 Å². The van der Waals surface area contributed by atoms with Crippen LogP contribution >= 0.6 is 0 Å². The van der Waals surface area contributed by atoms with Crippen LogP contribution in [0.3, 0.4) is 0 Å². The van der Waals surface area contributed by atoms with Crippen molar-refractivity contribution in [1.29, 1.82) is 0 Å². The van der Waals surface area contributed by atoms with Crippen LogP contribution < -0.4 is 9.91 Å². The number of hydrogen-bond donors (Lipinski definition) is 0. The van der Waals surface area contributed by atoms with E-state index in [1.54, 1.807) is 12.1 Å². The van der Waals surface area contributed by atoms with E-state index in [1.807, 2.05) is 63.2 Å². The first-order valence-corrected chi connectivity index (χ1v) is 11.1. The van der Waals surface area contributed by atoms with Gasteiger partial charge < -0.3 is 13.9 Å². The van der Waals surface area contributed by atoms with Gasteiger partial charge in [-0.25, -0.2) is 4.48 Å². The molecule has 0 amide bonds. The molecule has 0 atom stereocenters. The summed E-state index contributed by atoms with van der Waals surface area (Å²) in [5.41, 5.74) is 1.70. The summed E-state index contributed by atoms with van der Waals surface area (Å²) >= 11 is 0. The maximum atomic E-state index is 13.1. The van der Waals surface area contributed by atoms with Gasteiger partial charge in [0.2, 0.25) is 6.73 Å². The van der Waals surface area contributed by atoms with Crippen molar-refractivity contribution in [2.45, 2.75) is 27.2 Å². The van der Waals surface area contributed by atoms with E-state index < -0.39 is 5.41 Å². The van der Waals surface area contributed by atoms with Crippen molar-refractivity contribution in [2.75, 3.05) is 33.0 Å². The van der Waals surface area contributed by atoms with Gasteiger partial charge >= 0.3 is 11.9 Å². The number of benzene rings is 2. The van der Waals surface area contributed by atoms with Gasteiger partial charge in [0.1, 0.15) is 13.1 Å². The molecule has 0 bridgehead atoms. The molecule has 168 valence electrons. The number of esters is 1. The molecule has 1 saturated heterocycles. The second-order valence-electron chi connectivity index (χ2n) is 9.00. The molecule has 0 unspecified atom stereocenters. The standard InChI is InChI=1S/C26H30NO5/c1-4-26(2,3)25(29)31-18-27(13-15-30-16-14-27)23-17-22(28)21-12-8-11-20(24(21)32-23)19-9-6-5-7-10-19/h5-12,17H,4,13-16,18H2,1-3H3/q+1. The number of para-hydroxylation sites is 1. The van der Waals surface area contributed by atoms with E-state index in [0.717, 1.165) is 11.1 Å². The third-order valence-corrected chi connectivity index (χ3v) is 6.50. The first-order valence-electron chi connectivity index (χ1n) is 11.1. The van der Waals surface area contributed by atoms with Crippen LogP contribution in [0.15, 0.2) is 63.8 Å². The van der Waals surface area contributed by atoms with Crippen molar-refractivity contribution in [3.05, 3.63) is 64.8 Å². The van der Waals surface area contributed by atoms with Crippen LogP contribution in [0.25, 0.3) is 22.1 Å². The van der Waals surface area contributed by atoms with Gasteiger partial charge in [-0.3, -0.25) is 9.59 Å². The molecular weight excluding hydrogens is 406 g/mol. The monoisotopic (exact) mass is 436 g/mol. The molecule has 32 heavy (non-hydrogen) atoms. The summed E-state index contributed by atoms with van der Waals surface area (Å²) in [6.45, 7) is 7.93. The lowest BCUT2D eigenvalue weighted by atomic mass is 9.91. The Bertz CT molecular complexity index is 1160. The highest BCUT2D eigenvalue weighted by atomic mass is 16.6. The maximum absolute atomic E-state index is 13.1. The van der Waals surface area contributed by atoms with Gasteiger partial charge in [-0.05, 0) is 31.9 Å². The zero-order valence-corrected chi connectivity index (χ0v) is 18.9. The summed E-state index contributed by atoms with van der Waals surface area (Å²) in [7, 11) is 0. The summed E-state index contributed by atoms with van der Waals surface area (Å²) in [5, 5.41) is 0.533. The minimum atomic E-state index is -0.568. The summed E-state index contributed by atoms with van der Waals surface area (Å²) in [4.78, 5) is 25.8. The Morgan fingerprint density at radius 2 is 1.78 bits per heavy atom. The lowest BCUT2D eigenvalue weighted by Gasteiger charge is -2.38. The zero-order chi connectivity index (χ0) is 22.8. The van der Waals surface area contributed by atoms with Crippen molar-refractivity contribution in [3.63, 3.8) is 0 Å². The molecule has 3 aromatic rings. The quantitative estimate of drug-likeness (QED) is 0.413. The summed E-state index contributed by atoms with van der Waals surface area (Å²) in [6.07, 6.45) is 0.681. The zero-order valence-electron chi connectivity index (χ0n) is 18.9. The SMILES string of the molecule is CCC(C)(C)C(=O)OC[N+]1(c2cc(=O)c3cccc(-c4ccccc4)c3o2)CCOCC1. The Balaban J connectivity index is 1.80. The number of carbonyl (C=O) groups is 1.